The molecule has 0 aliphatic rings. The smallest absolute Gasteiger partial charge is 0.233 e. The molecule has 2 amide bonds. The van der Waals surface area contributed by atoms with Crippen LogP contribution in [0.1, 0.15) is 6.42 Å². The maximum atomic E-state index is 11.5. The number of benzene rings is 1. The molecule has 0 spiro atoms. The van der Waals surface area contributed by atoms with Crippen molar-refractivity contribution < 1.29 is 9.59 Å². The molecule has 2 N–H and O–H groups in total. The number of carbonyl (C=O) groups excluding carboxylic acids is 2. The lowest BCUT2D eigenvalue weighted by atomic mass is 10.3. The van der Waals surface area contributed by atoms with E-state index in [1.807, 2.05) is 37.2 Å². The maximum absolute atomic E-state index is 11.5. The molecule has 0 unspecified atom stereocenters. The molecule has 1 aromatic carbocycles. The second-order valence-corrected chi connectivity index (χ2v) is 4.24. The summed E-state index contributed by atoms with van der Waals surface area (Å²) in [6, 6.07) is 9.08. The van der Waals surface area contributed by atoms with E-state index in [-0.39, 0.29) is 18.2 Å². The fourth-order valence-corrected chi connectivity index (χ4v) is 1.35. The highest BCUT2D eigenvalue weighted by atomic mass is 16.2. The topological polar surface area (TPSA) is 61.4 Å². The number of hydrogen-bond acceptors (Lipinski definition) is 3. The van der Waals surface area contributed by atoms with Gasteiger partial charge in [0, 0.05) is 18.8 Å². The summed E-state index contributed by atoms with van der Waals surface area (Å²) in [4.78, 5) is 24.9. The van der Waals surface area contributed by atoms with E-state index >= 15 is 0 Å². The predicted octanol–water partition coefficient (Wildman–Crippen LogP) is 0.693. The van der Waals surface area contributed by atoms with E-state index < -0.39 is 0 Å². The summed E-state index contributed by atoms with van der Waals surface area (Å²) in [5.74, 6) is -0.561. The molecule has 5 heteroatoms. The van der Waals surface area contributed by atoms with Gasteiger partial charge in [-0.3, -0.25) is 9.59 Å². The zero-order valence-corrected chi connectivity index (χ0v) is 10.8. The predicted molar refractivity (Wildman–Crippen MR) is 71.3 cm³/mol. The summed E-state index contributed by atoms with van der Waals surface area (Å²) in [6.45, 7) is 1.30. The van der Waals surface area contributed by atoms with Crippen molar-refractivity contribution in [2.45, 2.75) is 6.42 Å². The average molecular weight is 249 g/mol. The van der Waals surface area contributed by atoms with Gasteiger partial charge in [0.1, 0.15) is 6.42 Å². The van der Waals surface area contributed by atoms with Gasteiger partial charge in [0.15, 0.2) is 0 Å². The number of para-hydroxylation sites is 1. The van der Waals surface area contributed by atoms with Crippen molar-refractivity contribution in [2.75, 3.05) is 32.5 Å². The number of hydrogen-bond donors (Lipinski definition) is 2. The Morgan fingerprint density at radius 1 is 1.11 bits per heavy atom. The van der Waals surface area contributed by atoms with Crippen molar-refractivity contribution in [1.29, 1.82) is 0 Å². The summed E-state index contributed by atoms with van der Waals surface area (Å²) >= 11 is 0. The van der Waals surface area contributed by atoms with Crippen molar-refractivity contribution in [1.82, 2.24) is 10.2 Å². The molecule has 0 aromatic heterocycles. The van der Waals surface area contributed by atoms with Crippen LogP contribution in [0, 0.1) is 0 Å². The first-order valence-corrected chi connectivity index (χ1v) is 5.84. The largest absolute Gasteiger partial charge is 0.354 e. The van der Waals surface area contributed by atoms with Gasteiger partial charge in [-0.15, -0.1) is 0 Å². The SMILES string of the molecule is CN(C)CCNC(=O)CC(=O)Nc1ccccc1. The van der Waals surface area contributed by atoms with Crippen LogP contribution in [0.5, 0.6) is 0 Å². The van der Waals surface area contributed by atoms with E-state index in [2.05, 4.69) is 10.6 Å². The van der Waals surface area contributed by atoms with Crippen LogP contribution >= 0.6 is 0 Å². The first-order chi connectivity index (χ1) is 8.58. The highest BCUT2D eigenvalue weighted by molar-refractivity contribution is 6.03. The molecule has 98 valence electrons. The third kappa shape index (κ3) is 6.00. The molecule has 0 radical (unpaired) electrons. The minimum absolute atomic E-state index is 0.150. The zero-order valence-electron chi connectivity index (χ0n) is 10.8. The van der Waals surface area contributed by atoms with Crippen molar-refractivity contribution >= 4 is 17.5 Å². The van der Waals surface area contributed by atoms with Crippen molar-refractivity contribution in [3.8, 4) is 0 Å². The number of rotatable bonds is 6. The Morgan fingerprint density at radius 3 is 2.39 bits per heavy atom. The molecule has 0 heterocycles. The Morgan fingerprint density at radius 2 is 1.78 bits per heavy atom. The second-order valence-electron chi connectivity index (χ2n) is 4.24. The lowest BCUT2D eigenvalue weighted by molar-refractivity contribution is -0.126. The summed E-state index contributed by atoms with van der Waals surface area (Å²) in [5, 5.41) is 5.35. The van der Waals surface area contributed by atoms with Crippen molar-refractivity contribution in [3.63, 3.8) is 0 Å². The fourth-order valence-electron chi connectivity index (χ4n) is 1.35. The molecule has 0 bridgehead atoms. The van der Waals surface area contributed by atoms with Crippen LogP contribution in [0.3, 0.4) is 0 Å². The van der Waals surface area contributed by atoms with Gasteiger partial charge in [-0.2, -0.15) is 0 Å². The van der Waals surface area contributed by atoms with Crippen molar-refractivity contribution in [2.24, 2.45) is 0 Å². The van der Waals surface area contributed by atoms with Crippen LogP contribution in [0.25, 0.3) is 0 Å². The summed E-state index contributed by atoms with van der Waals surface area (Å²) < 4.78 is 0. The highest BCUT2D eigenvalue weighted by Crippen LogP contribution is 2.05. The molecule has 1 rings (SSSR count). The summed E-state index contributed by atoms with van der Waals surface area (Å²) in [7, 11) is 3.85. The van der Waals surface area contributed by atoms with Gasteiger partial charge in [0.2, 0.25) is 11.8 Å². The van der Waals surface area contributed by atoms with E-state index in [0.717, 1.165) is 6.54 Å². The third-order valence-electron chi connectivity index (χ3n) is 2.26. The van der Waals surface area contributed by atoms with Crippen LogP contribution < -0.4 is 10.6 Å². The summed E-state index contributed by atoms with van der Waals surface area (Å²) in [5.41, 5.74) is 0.698. The molecule has 0 aliphatic heterocycles. The Kier molecular flexibility index (Phi) is 5.87. The van der Waals surface area contributed by atoms with Crippen LogP contribution in [-0.2, 0) is 9.59 Å². The molecular weight excluding hydrogens is 230 g/mol. The molecule has 0 fully saturated rings. The van der Waals surface area contributed by atoms with Gasteiger partial charge in [-0.05, 0) is 26.2 Å². The normalized spacial score (nSPS) is 10.2. The fraction of sp³-hybridized carbons (Fsp3) is 0.385. The molecule has 18 heavy (non-hydrogen) atoms. The minimum atomic E-state index is -0.302. The van der Waals surface area contributed by atoms with Crippen molar-refractivity contribution in [3.05, 3.63) is 30.3 Å². The number of amides is 2. The lowest BCUT2D eigenvalue weighted by Gasteiger charge is -2.10. The Hall–Kier alpha value is -1.88. The Bertz CT molecular complexity index is 390. The monoisotopic (exact) mass is 249 g/mol. The second kappa shape index (κ2) is 7.45. The minimum Gasteiger partial charge on any atom is -0.354 e. The van der Waals surface area contributed by atoms with Crippen LogP contribution in [0.2, 0.25) is 0 Å². The van der Waals surface area contributed by atoms with Crippen LogP contribution in [-0.4, -0.2) is 43.9 Å². The molecule has 1 aromatic rings. The van der Waals surface area contributed by atoms with Gasteiger partial charge in [-0.25, -0.2) is 0 Å². The van der Waals surface area contributed by atoms with Crippen LogP contribution in [0.4, 0.5) is 5.69 Å². The molecule has 0 atom stereocenters. The standard InChI is InChI=1S/C13H19N3O2/c1-16(2)9-8-14-12(17)10-13(18)15-11-6-4-3-5-7-11/h3-7H,8-10H2,1-2H3,(H,14,17)(H,15,18). The number of nitrogens with zero attached hydrogens (tertiary/aromatic N) is 1. The Labute approximate surface area is 107 Å². The van der Waals surface area contributed by atoms with E-state index in [9.17, 15) is 9.59 Å². The quantitative estimate of drug-likeness (QED) is 0.729. The van der Waals surface area contributed by atoms with E-state index in [1.165, 1.54) is 0 Å². The van der Waals surface area contributed by atoms with Gasteiger partial charge >= 0.3 is 0 Å². The maximum Gasteiger partial charge on any atom is 0.233 e. The Balaban J connectivity index is 2.25. The van der Waals surface area contributed by atoms with E-state index in [4.69, 9.17) is 0 Å². The number of likely N-dealkylation sites (N-methyl/N-ethyl adjacent to an activating group) is 1. The van der Waals surface area contributed by atoms with Gasteiger partial charge in [0.05, 0.1) is 0 Å². The van der Waals surface area contributed by atoms with Crippen LogP contribution in [0.15, 0.2) is 30.3 Å². The van der Waals surface area contributed by atoms with Gasteiger partial charge in [0.25, 0.3) is 0 Å². The summed E-state index contributed by atoms with van der Waals surface area (Å²) in [6.07, 6.45) is -0.150. The van der Waals surface area contributed by atoms with E-state index in [0.29, 0.717) is 12.2 Å². The third-order valence-corrected chi connectivity index (χ3v) is 2.26. The number of carbonyl (C=O) groups is 2. The first kappa shape index (κ1) is 14.2. The molecule has 0 saturated heterocycles. The average Bonchev–Trinajstić information content (AvgIpc) is 2.29. The molecular formula is C13H19N3O2. The van der Waals surface area contributed by atoms with Gasteiger partial charge in [-0.1, -0.05) is 18.2 Å². The molecule has 0 saturated carbocycles. The number of anilines is 1. The molecule has 0 aliphatic carbocycles. The number of nitrogens with one attached hydrogen (secondary N) is 2. The highest BCUT2D eigenvalue weighted by Gasteiger charge is 2.08. The van der Waals surface area contributed by atoms with Gasteiger partial charge < -0.3 is 15.5 Å². The molecule has 5 nitrogen and oxygen atoms in total. The first-order valence-electron chi connectivity index (χ1n) is 5.84. The zero-order chi connectivity index (χ0) is 13.4. The van der Waals surface area contributed by atoms with E-state index in [1.54, 1.807) is 12.1 Å². The lowest BCUT2D eigenvalue weighted by Crippen LogP contribution is -2.33.